The van der Waals surface area contributed by atoms with Crippen LogP contribution in [0.4, 0.5) is 8.78 Å². The van der Waals surface area contributed by atoms with Gasteiger partial charge in [0.1, 0.15) is 0 Å². The lowest BCUT2D eigenvalue weighted by Crippen LogP contribution is -2.58. The van der Waals surface area contributed by atoms with Gasteiger partial charge in [-0.3, -0.25) is 0 Å². The standard InChI is InChI=1S/C21H24Cl2F2N2/c1-26-21(15-6-7-16(22)17(23)13-15)10-3-2-4-20(21)27-11-9-14-5-8-18(24)19(25)12-14/h5-8,12-13,20,26-27H,2-4,9-11H2,1H3. The van der Waals surface area contributed by atoms with Gasteiger partial charge in [0, 0.05) is 6.04 Å². The average molecular weight is 413 g/mol. The van der Waals surface area contributed by atoms with Gasteiger partial charge in [-0.15, -0.1) is 0 Å². The van der Waals surface area contributed by atoms with Gasteiger partial charge in [0.05, 0.1) is 15.6 Å². The molecule has 6 heteroatoms. The average Bonchev–Trinajstić information content (AvgIpc) is 2.67. The van der Waals surface area contributed by atoms with Gasteiger partial charge in [0.2, 0.25) is 0 Å². The van der Waals surface area contributed by atoms with Crippen LogP contribution in [0.25, 0.3) is 0 Å². The van der Waals surface area contributed by atoms with Crippen molar-refractivity contribution in [3.63, 3.8) is 0 Å². The lowest BCUT2D eigenvalue weighted by molar-refractivity contribution is 0.178. The van der Waals surface area contributed by atoms with E-state index in [0.29, 0.717) is 23.0 Å². The van der Waals surface area contributed by atoms with Crippen molar-refractivity contribution in [3.05, 3.63) is 69.2 Å². The van der Waals surface area contributed by atoms with Crippen LogP contribution in [0.2, 0.25) is 10.0 Å². The van der Waals surface area contributed by atoms with E-state index in [4.69, 9.17) is 23.2 Å². The second-order valence-electron chi connectivity index (χ2n) is 7.10. The smallest absolute Gasteiger partial charge is 0.159 e. The second kappa shape index (κ2) is 8.87. The van der Waals surface area contributed by atoms with E-state index in [-0.39, 0.29) is 11.6 Å². The maximum atomic E-state index is 13.4. The molecule has 0 heterocycles. The molecule has 0 saturated heterocycles. The molecule has 27 heavy (non-hydrogen) atoms. The molecule has 0 radical (unpaired) electrons. The molecule has 3 rings (SSSR count). The van der Waals surface area contributed by atoms with Gasteiger partial charge in [0.15, 0.2) is 11.6 Å². The van der Waals surface area contributed by atoms with Crippen molar-refractivity contribution in [1.29, 1.82) is 0 Å². The van der Waals surface area contributed by atoms with Gasteiger partial charge in [-0.25, -0.2) is 8.78 Å². The van der Waals surface area contributed by atoms with E-state index in [0.717, 1.165) is 36.8 Å². The zero-order valence-corrected chi connectivity index (χ0v) is 16.8. The number of rotatable bonds is 6. The molecular weight excluding hydrogens is 389 g/mol. The van der Waals surface area contributed by atoms with Crippen LogP contribution in [0.15, 0.2) is 36.4 Å². The largest absolute Gasteiger partial charge is 0.311 e. The molecule has 2 N–H and O–H groups in total. The Kier molecular flexibility index (Phi) is 6.74. The first-order valence-electron chi connectivity index (χ1n) is 9.28. The topological polar surface area (TPSA) is 24.1 Å². The van der Waals surface area contributed by atoms with Crippen LogP contribution in [0.5, 0.6) is 0 Å². The highest BCUT2D eigenvalue weighted by atomic mass is 35.5. The van der Waals surface area contributed by atoms with E-state index >= 15 is 0 Å². The second-order valence-corrected chi connectivity index (χ2v) is 7.92. The van der Waals surface area contributed by atoms with Crippen molar-refractivity contribution in [2.45, 2.75) is 43.7 Å². The van der Waals surface area contributed by atoms with Gasteiger partial charge < -0.3 is 10.6 Å². The van der Waals surface area contributed by atoms with Crippen LogP contribution in [-0.4, -0.2) is 19.6 Å². The van der Waals surface area contributed by atoms with E-state index in [2.05, 4.69) is 10.6 Å². The minimum Gasteiger partial charge on any atom is -0.311 e. The number of hydrogen-bond acceptors (Lipinski definition) is 2. The molecular formula is C21H24Cl2F2N2. The molecule has 1 aliphatic rings. The predicted molar refractivity (Wildman–Crippen MR) is 108 cm³/mol. The number of benzene rings is 2. The molecule has 1 fully saturated rings. The highest BCUT2D eigenvalue weighted by Gasteiger charge is 2.40. The Bertz CT molecular complexity index is 800. The summed E-state index contributed by atoms with van der Waals surface area (Å²) in [5, 5.41) is 8.24. The lowest BCUT2D eigenvalue weighted by atomic mass is 9.72. The van der Waals surface area contributed by atoms with Crippen LogP contribution in [-0.2, 0) is 12.0 Å². The number of likely N-dealkylation sites (N-methyl/N-ethyl adjacent to an activating group) is 1. The Hall–Kier alpha value is -1.20. The summed E-state index contributed by atoms with van der Waals surface area (Å²) in [6.45, 7) is 0.681. The minimum absolute atomic E-state index is 0.207. The quantitative estimate of drug-likeness (QED) is 0.657. The summed E-state index contributed by atoms with van der Waals surface area (Å²) in [6, 6.07) is 10.1. The van der Waals surface area contributed by atoms with E-state index in [9.17, 15) is 8.78 Å². The highest BCUT2D eigenvalue weighted by molar-refractivity contribution is 6.42. The van der Waals surface area contributed by atoms with Gasteiger partial charge in [0.25, 0.3) is 0 Å². The maximum Gasteiger partial charge on any atom is 0.159 e. The van der Waals surface area contributed by atoms with Crippen molar-refractivity contribution >= 4 is 23.2 Å². The summed E-state index contributed by atoms with van der Waals surface area (Å²) in [7, 11) is 1.97. The fourth-order valence-electron chi connectivity index (χ4n) is 4.10. The summed E-state index contributed by atoms with van der Waals surface area (Å²) >= 11 is 12.4. The lowest BCUT2D eigenvalue weighted by Gasteiger charge is -2.45. The maximum absolute atomic E-state index is 13.4. The third kappa shape index (κ3) is 4.45. The van der Waals surface area contributed by atoms with Crippen LogP contribution >= 0.6 is 23.2 Å². The summed E-state index contributed by atoms with van der Waals surface area (Å²) in [5.41, 5.74) is 1.66. The molecule has 2 aromatic carbocycles. The monoisotopic (exact) mass is 412 g/mol. The van der Waals surface area contributed by atoms with Gasteiger partial charge in [-0.05, 0) is 68.2 Å². The minimum atomic E-state index is -0.812. The Morgan fingerprint density at radius 3 is 2.56 bits per heavy atom. The van der Waals surface area contributed by atoms with Gasteiger partial charge in [-0.1, -0.05) is 48.2 Å². The molecule has 2 unspecified atom stereocenters. The van der Waals surface area contributed by atoms with Crippen LogP contribution in [0, 0.1) is 11.6 Å². The van der Waals surface area contributed by atoms with Crippen LogP contribution < -0.4 is 10.6 Å². The third-order valence-electron chi connectivity index (χ3n) is 5.58. The molecule has 0 aliphatic heterocycles. The van der Waals surface area contributed by atoms with E-state index in [1.165, 1.54) is 12.1 Å². The number of nitrogens with one attached hydrogen (secondary N) is 2. The number of hydrogen-bond donors (Lipinski definition) is 2. The number of halogens is 4. The van der Waals surface area contributed by atoms with Crippen LogP contribution in [0.3, 0.4) is 0 Å². The molecule has 1 aliphatic carbocycles. The molecule has 0 amide bonds. The summed E-state index contributed by atoms with van der Waals surface area (Å²) in [4.78, 5) is 0. The first kappa shape index (κ1) is 20.5. The third-order valence-corrected chi connectivity index (χ3v) is 6.32. The highest BCUT2D eigenvalue weighted by Crippen LogP contribution is 2.39. The molecule has 2 aromatic rings. The molecule has 2 nitrogen and oxygen atoms in total. The van der Waals surface area contributed by atoms with Crippen molar-refractivity contribution in [3.8, 4) is 0 Å². The molecule has 1 saturated carbocycles. The predicted octanol–water partition coefficient (Wildman–Crippen LogP) is 5.46. The van der Waals surface area contributed by atoms with E-state index in [1.807, 2.05) is 25.2 Å². The first-order chi connectivity index (χ1) is 13.0. The molecule has 0 aromatic heterocycles. The summed E-state index contributed by atoms with van der Waals surface area (Å²) < 4.78 is 26.5. The van der Waals surface area contributed by atoms with Gasteiger partial charge >= 0.3 is 0 Å². The molecule has 146 valence electrons. The molecule has 0 spiro atoms. The summed E-state index contributed by atoms with van der Waals surface area (Å²) in [5.74, 6) is -1.61. The Labute approximate surface area is 169 Å². The zero-order chi connectivity index (χ0) is 19.4. The fraction of sp³-hybridized carbons (Fsp3) is 0.429. The molecule has 0 bridgehead atoms. The van der Waals surface area contributed by atoms with Crippen molar-refractivity contribution in [2.24, 2.45) is 0 Å². The first-order valence-corrected chi connectivity index (χ1v) is 10.0. The van der Waals surface area contributed by atoms with Crippen LogP contribution in [0.1, 0.15) is 36.8 Å². The Morgan fingerprint density at radius 2 is 1.85 bits per heavy atom. The Balaban J connectivity index is 1.75. The zero-order valence-electron chi connectivity index (χ0n) is 15.3. The van der Waals surface area contributed by atoms with Crippen molar-refractivity contribution in [1.82, 2.24) is 10.6 Å². The SMILES string of the molecule is CNC1(c2ccc(Cl)c(Cl)c2)CCCCC1NCCc1ccc(F)c(F)c1. The van der Waals surface area contributed by atoms with E-state index < -0.39 is 11.6 Å². The van der Waals surface area contributed by atoms with Gasteiger partial charge in [-0.2, -0.15) is 0 Å². The van der Waals surface area contributed by atoms with Crippen molar-refractivity contribution < 1.29 is 8.78 Å². The Morgan fingerprint density at radius 1 is 1.04 bits per heavy atom. The fourth-order valence-corrected chi connectivity index (χ4v) is 4.40. The normalized spacial score (nSPS) is 22.8. The summed E-state index contributed by atoms with van der Waals surface area (Å²) in [6.07, 6.45) is 4.92. The van der Waals surface area contributed by atoms with Crippen molar-refractivity contribution in [2.75, 3.05) is 13.6 Å². The van der Waals surface area contributed by atoms with E-state index in [1.54, 1.807) is 6.07 Å². The molecule has 2 atom stereocenters.